The van der Waals surface area contributed by atoms with E-state index in [2.05, 4.69) is 11.7 Å². The van der Waals surface area contributed by atoms with E-state index < -0.39 is 67.5 Å². The van der Waals surface area contributed by atoms with E-state index in [4.69, 9.17) is 18.5 Å². The van der Waals surface area contributed by atoms with Gasteiger partial charge in [0.2, 0.25) is 5.82 Å². The molecule has 37 heavy (non-hydrogen) atoms. The SMILES string of the molecule is C=C[C@@H](O[P@@](=O)(N[C@@H](C)C(=O)OC(C)C)Oc1ccccc1)[C@H]1O[C@@H](n2cc(F)c(=O)[nH]c2=O)CC1O. The van der Waals surface area contributed by atoms with Crippen molar-refractivity contribution in [1.82, 2.24) is 14.6 Å². The van der Waals surface area contributed by atoms with Gasteiger partial charge in [0.05, 0.1) is 18.4 Å². The molecule has 1 saturated heterocycles. The molecule has 0 radical (unpaired) electrons. The number of aliphatic hydroxyl groups excluding tert-OH is 1. The number of nitrogens with zero attached hydrogens (tertiary/aromatic N) is 1. The van der Waals surface area contributed by atoms with E-state index in [0.717, 1.165) is 4.57 Å². The number of aromatic amines is 1. The predicted molar refractivity (Wildman–Crippen MR) is 129 cm³/mol. The molecule has 1 fully saturated rings. The topological polar surface area (TPSA) is 158 Å². The van der Waals surface area contributed by atoms with Crippen molar-refractivity contribution in [2.45, 2.75) is 63.9 Å². The zero-order chi connectivity index (χ0) is 27.3. The number of carbonyl (C=O) groups is 1. The molecule has 0 aliphatic carbocycles. The largest absolute Gasteiger partial charge is 0.462 e. The first kappa shape index (κ1) is 28.5. The van der Waals surface area contributed by atoms with E-state index in [0.29, 0.717) is 6.20 Å². The average molecular weight is 541 g/mol. The van der Waals surface area contributed by atoms with E-state index in [1.807, 2.05) is 4.98 Å². The van der Waals surface area contributed by atoms with Crippen molar-refractivity contribution in [3.63, 3.8) is 0 Å². The monoisotopic (exact) mass is 541 g/mol. The van der Waals surface area contributed by atoms with Crippen molar-refractivity contribution in [1.29, 1.82) is 0 Å². The molecule has 0 spiro atoms. The minimum absolute atomic E-state index is 0.159. The van der Waals surface area contributed by atoms with Crippen molar-refractivity contribution in [2.24, 2.45) is 0 Å². The fraction of sp³-hybridized carbons (Fsp3) is 0.435. The van der Waals surface area contributed by atoms with Crippen LogP contribution in [0.25, 0.3) is 0 Å². The lowest BCUT2D eigenvalue weighted by Gasteiger charge is -2.29. The molecule has 0 bridgehead atoms. The fourth-order valence-corrected chi connectivity index (χ4v) is 5.20. The number of esters is 1. The first-order valence-corrected chi connectivity index (χ1v) is 12.9. The smallest absolute Gasteiger partial charge is 0.460 e. The van der Waals surface area contributed by atoms with Crippen LogP contribution < -0.4 is 20.9 Å². The molecule has 3 rings (SSSR count). The highest BCUT2D eigenvalue weighted by molar-refractivity contribution is 7.52. The third kappa shape index (κ3) is 7.24. The summed E-state index contributed by atoms with van der Waals surface area (Å²) in [5, 5.41) is 13.2. The number of carbonyl (C=O) groups excluding carboxylic acids is 1. The number of nitrogens with one attached hydrogen (secondary N) is 2. The first-order valence-electron chi connectivity index (χ1n) is 11.4. The van der Waals surface area contributed by atoms with Crippen LogP contribution in [0.4, 0.5) is 4.39 Å². The Morgan fingerprint density at radius 3 is 2.62 bits per heavy atom. The molecule has 2 aromatic rings. The van der Waals surface area contributed by atoms with E-state index in [1.54, 1.807) is 32.0 Å². The summed E-state index contributed by atoms with van der Waals surface area (Å²) in [6.07, 6.45) is -3.69. The number of hydrogen-bond donors (Lipinski definition) is 3. The third-order valence-electron chi connectivity index (χ3n) is 5.21. The second-order valence-electron chi connectivity index (χ2n) is 8.55. The van der Waals surface area contributed by atoms with Gasteiger partial charge in [-0.2, -0.15) is 9.48 Å². The van der Waals surface area contributed by atoms with E-state index in [9.17, 15) is 28.4 Å². The number of para-hydroxylation sites is 1. The van der Waals surface area contributed by atoms with Gasteiger partial charge in [-0.15, -0.1) is 6.58 Å². The van der Waals surface area contributed by atoms with Gasteiger partial charge in [-0.3, -0.25) is 23.7 Å². The lowest BCUT2D eigenvalue weighted by molar-refractivity contribution is -0.149. The van der Waals surface area contributed by atoms with Crippen molar-refractivity contribution in [2.75, 3.05) is 0 Å². The second kappa shape index (κ2) is 12.0. The van der Waals surface area contributed by atoms with Crippen molar-refractivity contribution in [3.05, 3.63) is 75.8 Å². The Balaban J connectivity index is 1.85. The molecule has 202 valence electrons. The summed E-state index contributed by atoms with van der Waals surface area (Å²) in [6.45, 7) is 8.36. The molecule has 1 aromatic heterocycles. The van der Waals surface area contributed by atoms with Crippen molar-refractivity contribution in [3.8, 4) is 5.75 Å². The van der Waals surface area contributed by atoms with Crippen LogP contribution in [-0.4, -0.2) is 51.1 Å². The van der Waals surface area contributed by atoms with Crippen LogP contribution in [0.5, 0.6) is 5.75 Å². The first-order chi connectivity index (χ1) is 17.4. The Kier molecular flexibility index (Phi) is 9.21. The average Bonchev–Trinajstić information content (AvgIpc) is 3.21. The van der Waals surface area contributed by atoms with Crippen LogP contribution in [0.2, 0.25) is 0 Å². The molecule has 1 aromatic carbocycles. The van der Waals surface area contributed by atoms with Crippen LogP contribution in [0.1, 0.15) is 33.4 Å². The quantitative estimate of drug-likeness (QED) is 0.218. The Labute approximate surface area is 211 Å². The Morgan fingerprint density at radius 1 is 1.32 bits per heavy atom. The number of benzene rings is 1. The summed E-state index contributed by atoms with van der Waals surface area (Å²) < 4.78 is 50.5. The van der Waals surface area contributed by atoms with Gasteiger partial charge in [0.25, 0.3) is 5.56 Å². The normalized spacial score (nSPS) is 22.7. The number of rotatable bonds is 11. The van der Waals surface area contributed by atoms with Gasteiger partial charge < -0.3 is 19.1 Å². The van der Waals surface area contributed by atoms with Gasteiger partial charge in [-0.25, -0.2) is 9.36 Å². The molecule has 1 aliphatic heterocycles. The molecule has 1 aliphatic rings. The third-order valence-corrected chi connectivity index (χ3v) is 6.89. The molecule has 2 heterocycles. The van der Waals surface area contributed by atoms with Gasteiger partial charge in [0.15, 0.2) is 0 Å². The molecule has 0 amide bonds. The van der Waals surface area contributed by atoms with E-state index >= 15 is 0 Å². The van der Waals surface area contributed by atoms with Gasteiger partial charge in [0.1, 0.15) is 30.2 Å². The highest BCUT2D eigenvalue weighted by Crippen LogP contribution is 2.48. The maximum absolute atomic E-state index is 13.8. The summed E-state index contributed by atoms with van der Waals surface area (Å²) in [7, 11) is -4.35. The Hall–Kier alpha value is -3.09. The zero-order valence-corrected chi connectivity index (χ0v) is 21.3. The Morgan fingerprint density at radius 2 is 2.00 bits per heavy atom. The van der Waals surface area contributed by atoms with Gasteiger partial charge in [-0.1, -0.05) is 24.3 Å². The van der Waals surface area contributed by atoms with E-state index in [1.165, 1.54) is 25.1 Å². The maximum atomic E-state index is 13.8. The molecular formula is C23H29FN3O9P. The van der Waals surface area contributed by atoms with Crippen LogP contribution in [0, 0.1) is 5.82 Å². The molecule has 0 saturated carbocycles. The number of hydrogen-bond acceptors (Lipinski definition) is 9. The standard InChI is InChI=1S/C23H29FN3O9P/c1-5-18(20-17(28)11-19(34-20)27-12-16(24)21(29)25-23(27)31)36-37(32,35-15-9-7-6-8-10-15)26-14(4)22(30)33-13(2)3/h5-10,12-14,17-20,28H,1,11H2,2-4H3,(H,26,32)(H,25,29,31)/t14-,17?,18+,19+,20-,37+/m0/s1. The van der Waals surface area contributed by atoms with Crippen LogP contribution in [-0.2, 0) is 23.4 Å². The van der Waals surface area contributed by atoms with Gasteiger partial charge in [-0.05, 0) is 32.9 Å². The number of aromatic nitrogens is 2. The fourth-order valence-electron chi connectivity index (χ4n) is 3.54. The minimum Gasteiger partial charge on any atom is -0.462 e. The van der Waals surface area contributed by atoms with Crippen LogP contribution in [0.15, 0.2) is 58.8 Å². The van der Waals surface area contributed by atoms with Crippen molar-refractivity contribution < 1.29 is 37.4 Å². The summed E-state index contributed by atoms with van der Waals surface area (Å²) in [5.74, 6) is -1.76. The van der Waals surface area contributed by atoms with Crippen LogP contribution >= 0.6 is 7.75 Å². The zero-order valence-electron chi connectivity index (χ0n) is 20.4. The van der Waals surface area contributed by atoms with Gasteiger partial charge >= 0.3 is 19.4 Å². The van der Waals surface area contributed by atoms with Crippen LogP contribution in [0.3, 0.4) is 0 Å². The number of H-pyrrole nitrogens is 1. The molecular weight excluding hydrogens is 512 g/mol. The molecule has 14 heteroatoms. The Bertz CT molecular complexity index is 1270. The minimum atomic E-state index is -4.35. The summed E-state index contributed by atoms with van der Waals surface area (Å²) >= 11 is 0. The van der Waals surface area contributed by atoms with Crippen molar-refractivity contribution >= 4 is 13.7 Å². The molecule has 1 unspecified atom stereocenters. The molecule has 3 N–H and O–H groups in total. The highest BCUT2D eigenvalue weighted by atomic mass is 31.2. The number of ether oxygens (including phenoxy) is 2. The highest BCUT2D eigenvalue weighted by Gasteiger charge is 2.44. The summed E-state index contributed by atoms with van der Waals surface area (Å²) in [5.41, 5.74) is -2.14. The molecule has 6 atom stereocenters. The number of halogens is 1. The summed E-state index contributed by atoms with van der Waals surface area (Å²) in [6, 6.07) is 6.91. The molecule has 12 nitrogen and oxygen atoms in total. The number of aliphatic hydroxyl groups is 1. The maximum Gasteiger partial charge on any atom is 0.460 e. The lowest BCUT2D eigenvalue weighted by Crippen LogP contribution is -2.40. The predicted octanol–water partition coefficient (Wildman–Crippen LogP) is 2.01. The second-order valence-corrected chi connectivity index (χ2v) is 10.2. The van der Waals surface area contributed by atoms with E-state index in [-0.39, 0.29) is 12.2 Å². The lowest BCUT2D eigenvalue weighted by atomic mass is 10.1. The summed E-state index contributed by atoms with van der Waals surface area (Å²) in [4.78, 5) is 37.6. The van der Waals surface area contributed by atoms with Gasteiger partial charge in [0, 0.05) is 6.42 Å².